The van der Waals surface area contributed by atoms with Gasteiger partial charge in [-0.1, -0.05) is 24.3 Å². The second-order valence-electron chi connectivity index (χ2n) is 4.30. The summed E-state index contributed by atoms with van der Waals surface area (Å²) < 4.78 is 22.1. The van der Waals surface area contributed by atoms with Crippen molar-refractivity contribution in [2.75, 3.05) is 6.26 Å². The highest BCUT2D eigenvalue weighted by Gasteiger charge is 2.41. The summed E-state index contributed by atoms with van der Waals surface area (Å²) in [7, 11) is -2.97. The van der Waals surface area contributed by atoms with Crippen LogP contribution in [0.15, 0.2) is 24.3 Å². The number of hydrogen-bond donors (Lipinski definition) is 1. The molecule has 0 unspecified atom stereocenters. The Morgan fingerprint density at radius 3 is 2.20 bits per heavy atom. The minimum absolute atomic E-state index is 0.0612. The normalized spacial score (nSPS) is 18.8. The van der Waals surface area contributed by atoms with E-state index in [0.29, 0.717) is 0 Å². The number of rotatable bonds is 3. The summed E-state index contributed by atoms with van der Waals surface area (Å²) in [5.41, 5.74) is 1.02. The molecule has 1 fully saturated rings. The van der Waals surface area contributed by atoms with E-state index in [9.17, 15) is 13.5 Å². The van der Waals surface area contributed by atoms with Crippen molar-refractivity contribution in [1.82, 2.24) is 0 Å². The molecule has 1 N–H and O–H groups in total. The van der Waals surface area contributed by atoms with E-state index in [1.807, 2.05) is 12.1 Å². The molecule has 0 heterocycles. The first-order chi connectivity index (χ1) is 6.89. The molecule has 0 aromatic heterocycles. The summed E-state index contributed by atoms with van der Waals surface area (Å²) in [6.45, 7) is 0. The minimum atomic E-state index is -2.97. The van der Waals surface area contributed by atoms with Gasteiger partial charge in [-0.25, -0.2) is 8.42 Å². The smallest absolute Gasteiger partial charge is 0.151 e. The Labute approximate surface area is 89.7 Å². The van der Waals surface area contributed by atoms with Gasteiger partial charge < -0.3 is 5.11 Å². The van der Waals surface area contributed by atoms with E-state index >= 15 is 0 Å². The molecular formula is C11H14O3S. The van der Waals surface area contributed by atoms with E-state index in [4.69, 9.17) is 0 Å². The fourth-order valence-corrected chi connectivity index (χ4v) is 2.42. The molecular weight excluding hydrogens is 212 g/mol. The third kappa shape index (κ3) is 2.58. The molecule has 0 spiro atoms. The van der Waals surface area contributed by atoms with Gasteiger partial charge in [0.05, 0.1) is 11.4 Å². The van der Waals surface area contributed by atoms with E-state index in [0.717, 1.165) is 24.0 Å². The summed E-state index contributed by atoms with van der Waals surface area (Å²) in [4.78, 5) is 0. The lowest BCUT2D eigenvalue weighted by molar-refractivity contribution is 0.151. The highest BCUT2D eigenvalue weighted by atomic mass is 32.2. The fraction of sp³-hybridized carbons (Fsp3) is 0.455. The van der Waals surface area contributed by atoms with Gasteiger partial charge in [-0.3, -0.25) is 0 Å². The average Bonchev–Trinajstić information content (AvgIpc) is 2.83. The van der Waals surface area contributed by atoms with Gasteiger partial charge in [-0.05, 0) is 24.0 Å². The Morgan fingerprint density at radius 2 is 1.80 bits per heavy atom. The van der Waals surface area contributed by atoms with E-state index in [1.54, 1.807) is 12.1 Å². The number of aliphatic hydroxyl groups is 1. The summed E-state index contributed by atoms with van der Waals surface area (Å²) in [5.74, 6) is 0.0612. The molecule has 0 bridgehead atoms. The Balaban J connectivity index is 2.18. The van der Waals surface area contributed by atoms with Crippen LogP contribution in [-0.2, 0) is 21.2 Å². The molecule has 3 nitrogen and oxygen atoms in total. The highest BCUT2D eigenvalue weighted by Crippen LogP contribution is 2.45. The molecule has 1 aromatic rings. The van der Waals surface area contributed by atoms with Gasteiger partial charge in [0.1, 0.15) is 0 Å². The zero-order valence-corrected chi connectivity index (χ0v) is 9.42. The molecule has 2 rings (SSSR count). The third-order valence-electron chi connectivity index (χ3n) is 2.64. The van der Waals surface area contributed by atoms with Crippen LogP contribution in [0.2, 0.25) is 0 Å². The van der Waals surface area contributed by atoms with Crippen LogP contribution in [0.3, 0.4) is 0 Å². The van der Waals surface area contributed by atoms with Crippen LogP contribution in [0.25, 0.3) is 0 Å². The summed E-state index contributed by atoms with van der Waals surface area (Å²) in [6, 6.07) is 7.17. The van der Waals surface area contributed by atoms with Crippen molar-refractivity contribution in [1.29, 1.82) is 0 Å². The molecule has 0 saturated heterocycles. The van der Waals surface area contributed by atoms with Gasteiger partial charge in [0, 0.05) is 6.26 Å². The van der Waals surface area contributed by atoms with Crippen LogP contribution in [0.1, 0.15) is 24.0 Å². The summed E-state index contributed by atoms with van der Waals surface area (Å²) >= 11 is 0. The number of hydrogen-bond acceptors (Lipinski definition) is 3. The van der Waals surface area contributed by atoms with Crippen LogP contribution < -0.4 is 0 Å². The molecule has 15 heavy (non-hydrogen) atoms. The Morgan fingerprint density at radius 1 is 1.27 bits per heavy atom. The highest BCUT2D eigenvalue weighted by molar-refractivity contribution is 7.89. The molecule has 1 aliphatic rings. The summed E-state index contributed by atoms with van der Waals surface area (Å²) in [5, 5.41) is 9.81. The van der Waals surface area contributed by atoms with Crippen molar-refractivity contribution in [2.45, 2.75) is 24.2 Å². The van der Waals surface area contributed by atoms with Crippen LogP contribution in [0, 0.1) is 0 Å². The first-order valence-corrected chi connectivity index (χ1v) is 6.95. The van der Waals surface area contributed by atoms with E-state index in [1.165, 1.54) is 6.26 Å². The maximum atomic E-state index is 11.0. The largest absolute Gasteiger partial charge is 0.385 e. The lowest BCUT2D eigenvalue weighted by Gasteiger charge is -2.08. The predicted molar refractivity (Wildman–Crippen MR) is 58.1 cm³/mol. The lowest BCUT2D eigenvalue weighted by Crippen LogP contribution is -2.05. The molecule has 4 heteroatoms. The molecule has 0 radical (unpaired) electrons. The number of benzene rings is 1. The van der Waals surface area contributed by atoms with E-state index in [-0.39, 0.29) is 5.75 Å². The first kappa shape index (κ1) is 10.6. The monoisotopic (exact) mass is 226 g/mol. The Kier molecular flexibility index (Phi) is 2.35. The molecule has 1 saturated carbocycles. The zero-order valence-electron chi connectivity index (χ0n) is 8.60. The number of sulfone groups is 1. The molecule has 1 aromatic carbocycles. The second kappa shape index (κ2) is 3.32. The Bertz CT molecular complexity index is 455. The predicted octanol–water partition coefficient (Wildman–Crippen LogP) is 1.21. The molecule has 1 aliphatic carbocycles. The first-order valence-electron chi connectivity index (χ1n) is 4.89. The van der Waals surface area contributed by atoms with Crippen molar-refractivity contribution < 1.29 is 13.5 Å². The van der Waals surface area contributed by atoms with Gasteiger partial charge in [-0.15, -0.1) is 0 Å². The van der Waals surface area contributed by atoms with Crippen molar-refractivity contribution in [3.05, 3.63) is 35.4 Å². The van der Waals surface area contributed by atoms with Crippen LogP contribution in [-0.4, -0.2) is 19.8 Å². The van der Waals surface area contributed by atoms with Gasteiger partial charge >= 0.3 is 0 Å². The van der Waals surface area contributed by atoms with E-state index < -0.39 is 15.4 Å². The second-order valence-corrected chi connectivity index (χ2v) is 6.44. The van der Waals surface area contributed by atoms with Crippen molar-refractivity contribution in [2.24, 2.45) is 0 Å². The zero-order chi connectivity index (χ0) is 11.1. The lowest BCUT2D eigenvalue weighted by atomic mass is 10.1. The van der Waals surface area contributed by atoms with Crippen molar-refractivity contribution >= 4 is 9.84 Å². The van der Waals surface area contributed by atoms with Gasteiger partial charge in [0.2, 0.25) is 0 Å². The van der Waals surface area contributed by atoms with Gasteiger partial charge in [0.15, 0.2) is 9.84 Å². The fourth-order valence-electron chi connectivity index (χ4n) is 1.62. The van der Waals surface area contributed by atoms with Gasteiger partial charge in [0.25, 0.3) is 0 Å². The molecule has 0 aliphatic heterocycles. The van der Waals surface area contributed by atoms with Crippen LogP contribution in [0.4, 0.5) is 0 Å². The molecule has 0 amide bonds. The molecule has 82 valence electrons. The van der Waals surface area contributed by atoms with E-state index in [2.05, 4.69) is 0 Å². The van der Waals surface area contributed by atoms with Crippen molar-refractivity contribution in [3.63, 3.8) is 0 Å². The topological polar surface area (TPSA) is 54.4 Å². The SMILES string of the molecule is CS(=O)(=O)Cc1ccc(C2(O)CC2)cc1. The quantitative estimate of drug-likeness (QED) is 0.843. The van der Waals surface area contributed by atoms with Crippen LogP contribution >= 0.6 is 0 Å². The minimum Gasteiger partial charge on any atom is -0.385 e. The maximum Gasteiger partial charge on any atom is 0.151 e. The Hall–Kier alpha value is -0.870. The van der Waals surface area contributed by atoms with Crippen molar-refractivity contribution in [3.8, 4) is 0 Å². The average molecular weight is 226 g/mol. The third-order valence-corrected chi connectivity index (χ3v) is 3.50. The van der Waals surface area contributed by atoms with Gasteiger partial charge in [-0.2, -0.15) is 0 Å². The standard InChI is InChI=1S/C11H14O3S/c1-15(13,14)8-9-2-4-10(5-3-9)11(12)6-7-11/h2-5,12H,6-8H2,1H3. The van der Waals surface area contributed by atoms with Crippen LogP contribution in [0.5, 0.6) is 0 Å². The molecule has 0 atom stereocenters. The maximum absolute atomic E-state index is 11.0. The summed E-state index contributed by atoms with van der Waals surface area (Å²) in [6.07, 6.45) is 2.83.